The zero-order valence-electron chi connectivity index (χ0n) is 17.2. The van der Waals surface area contributed by atoms with E-state index in [1.54, 1.807) is 49.5 Å². The normalized spacial score (nSPS) is 10.7. The van der Waals surface area contributed by atoms with Gasteiger partial charge >= 0.3 is 0 Å². The van der Waals surface area contributed by atoms with E-state index in [-0.39, 0.29) is 30.2 Å². The zero-order chi connectivity index (χ0) is 22.5. The molecule has 7 heteroatoms. The van der Waals surface area contributed by atoms with Crippen molar-refractivity contribution in [2.45, 2.75) is 26.2 Å². The first-order valence-electron chi connectivity index (χ1n) is 9.80. The predicted molar refractivity (Wildman–Crippen MR) is 122 cm³/mol. The highest BCUT2D eigenvalue weighted by atomic mass is 35.5. The second kappa shape index (κ2) is 10.0. The number of halogens is 3. The molecule has 0 N–H and O–H groups in total. The number of rotatable bonds is 7. The molecule has 0 spiro atoms. The number of benzene rings is 2. The summed E-state index contributed by atoms with van der Waals surface area (Å²) < 4.78 is 14.6. The molecule has 160 valence electrons. The number of carbonyl (C=O) groups excluding carboxylic acids is 2. The van der Waals surface area contributed by atoms with E-state index in [0.717, 1.165) is 5.56 Å². The van der Waals surface area contributed by atoms with Gasteiger partial charge in [-0.05, 0) is 41.8 Å². The third kappa shape index (κ3) is 5.30. The summed E-state index contributed by atoms with van der Waals surface area (Å²) >= 11 is 12.4. The Morgan fingerprint density at radius 1 is 1.10 bits per heavy atom. The Morgan fingerprint density at radius 3 is 2.52 bits per heavy atom. The smallest absolute Gasteiger partial charge is 0.226 e. The van der Waals surface area contributed by atoms with Crippen LogP contribution < -0.4 is 4.90 Å². The van der Waals surface area contributed by atoms with Gasteiger partial charge in [-0.25, -0.2) is 9.37 Å². The number of aryl methyl sites for hydroxylation is 1. The number of ketones is 1. The van der Waals surface area contributed by atoms with Gasteiger partial charge < -0.3 is 4.90 Å². The minimum absolute atomic E-state index is 0.0744. The summed E-state index contributed by atoms with van der Waals surface area (Å²) in [5.41, 5.74) is 2.64. The second-order valence-corrected chi connectivity index (χ2v) is 7.81. The summed E-state index contributed by atoms with van der Waals surface area (Å²) in [5, 5.41) is 0.732. The Hall–Kier alpha value is -2.76. The van der Waals surface area contributed by atoms with E-state index in [0.29, 0.717) is 33.3 Å². The van der Waals surface area contributed by atoms with Crippen LogP contribution in [0.1, 0.15) is 35.7 Å². The van der Waals surface area contributed by atoms with E-state index in [1.165, 1.54) is 18.0 Å². The van der Waals surface area contributed by atoms with E-state index in [4.69, 9.17) is 23.2 Å². The Labute approximate surface area is 190 Å². The van der Waals surface area contributed by atoms with Crippen molar-refractivity contribution in [3.63, 3.8) is 0 Å². The molecule has 0 fully saturated rings. The van der Waals surface area contributed by atoms with Crippen LogP contribution in [0, 0.1) is 5.82 Å². The highest BCUT2D eigenvalue weighted by Crippen LogP contribution is 2.32. The fourth-order valence-electron chi connectivity index (χ4n) is 3.24. The number of aromatic nitrogens is 1. The first-order chi connectivity index (χ1) is 14.8. The minimum Gasteiger partial charge on any atom is -0.313 e. The molecule has 1 heterocycles. The molecule has 3 aromatic rings. The van der Waals surface area contributed by atoms with Crippen LogP contribution >= 0.6 is 23.2 Å². The zero-order valence-corrected chi connectivity index (χ0v) is 18.7. The lowest BCUT2D eigenvalue weighted by Crippen LogP contribution is -2.25. The van der Waals surface area contributed by atoms with E-state index < -0.39 is 5.82 Å². The number of hydrogen-bond acceptors (Lipinski definition) is 3. The summed E-state index contributed by atoms with van der Waals surface area (Å²) in [5.74, 6) is -0.777. The van der Waals surface area contributed by atoms with Gasteiger partial charge in [-0.3, -0.25) is 9.59 Å². The van der Waals surface area contributed by atoms with Crippen molar-refractivity contribution < 1.29 is 14.0 Å². The minimum atomic E-state index is -0.522. The molecule has 3 rings (SSSR count). The number of nitrogens with zero attached hydrogens (tertiary/aromatic N) is 2. The molecule has 0 aliphatic carbocycles. The summed E-state index contributed by atoms with van der Waals surface area (Å²) in [6.07, 6.45) is 2.62. The number of anilines is 1. The number of amides is 1. The topological polar surface area (TPSA) is 50.3 Å². The van der Waals surface area contributed by atoms with Gasteiger partial charge in [0.25, 0.3) is 0 Å². The molecule has 0 saturated carbocycles. The lowest BCUT2D eigenvalue weighted by atomic mass is 9.99. The van der Waals surface area contributed by atoms with E-state index in [2.05, 4.69) is 4.98 Å². The summed E-state index contributed by atoms with van der Waals surface area (Å²) in [6, 6.07) is 13.1. The van der Waals surface area contributed by atoms with Crippen LogP contribution in [0.5, 0.6) is 0 Å². The van der Waals surface area contributed by atoms with Crippen molar-refractivity contribution in [3.05, 3.63) is 81.8 Å². The molecular formula is C24H21Cl2FN2O2. The molecule has 0 aliphatic rings. The van der Waals surface area contributed by atoms with Crippen molar-refractivity contribution >= 4 is 40.6 Å². The molecule has 1 aromatic heterocycles. The van der Waals surface area contributed by atoms with Gasteiger partial charge in [0.1, 0.15) is 11.0 Å². The average molecular weight is 459 g/mol. The molecule has 1 amide bonds. The number of pyridine rings is 1. The standard InChI is InChI=1S/C24H21Cl2FN2O2/c1-3-23(31)29(2)21-10-7-16(14-20(21)27)18-9-6-17(13-19(18)25)22(30)11-8-15-5-4-12-28-24(15)26/h4-7,9-10,12-14H,3,8,11H2,1-2H3. The number of hydrogen-bond donors (Lipinski definition) is 0. The number of Topliss-reactive ketones (excluding diaryl/α,β-unsaturated/α-hetero) is 1. The van der Waals surface area contributed by atoms with Crippen molar-refractivity contribution in [2.24, 2.45) is 0 Å². The van der Waals surface area contributed by atoms with Gasteiger partial charge in [0.05, 0.1) is 5.69 Å². The van der Waals surface area contributed by atoms with Crippen LogP contribution in [-0.2, 0) is 11.2 Å². The quantitative estimate of drug-likeness (QED) is 0.304. The Bertz CT molecular complexity index is 1130. The van der Waals surface area contributed by atoms with Crippen LogP contribution in [0.3, 0.4) is 0 Å². The van der Waals surface area contributed by atoms with E-state index in [1.807, 2.05) is 6.07 Å². The molecule has 0 unspecified atom stereocenters. The first kappa shape index (κ1) is 22.9. The van der Waals surface area contributed by atoms with Crippen molar-refractivity contribution in [3.8, 4) is 11.1 Å². The molecule has 0 atom stereocenters. The maximum absolute atomic E-state index is 14.6. The molecule has 2 aromatic carbocycles. The molecule has 0 aliphatic heterocycles. The number of carbonyl (C=O) groups is 2. The van der Waals surface area contributed by atoms with Gasteiger partial charge in [-0.2, -0.15) is 0 Å². The van der Waals surface area contributed by atoms with Crippen molar-refractivity contribution in [1.29, 1.82) is 0 Å². The van der Waals surface area contributed by atoms with Gasteiger partial charge in [-0.1, -0.05) is 54.4 Å². The molecule has 4 nitrogen and oxygen atoms in total. The van der Waals surface area contributed by atoms with E-state index in [9.17, 15) is 14.0 Å². The van der Waals surface area contributed by atoms with Crippen molar-refractivity contribution in [1.82, 2.24) is 4.98 Å². The van der Waals surface area contributed by atoms with Crippen LogP contribution in [0.15, 0.2) is 54.7 Å². The van der Waals surface area contributed by atoms with E-state index >= 15 is 0 Å². The molecule has 0 saturated heterocycles. The molecular weight excluding hydrogens is 438 g/mol. The lowest BCUT2D eigenvalue weighted by molar-refractivity contribution is -0.118. The third-order valence-corrected chi connectivity index (χ3v) is 5.70. The maximum Gasteiger partial charge on any atom is 0.226 e. The Balaban J connectivity index is 1.77. The van der Waals surface area contributed by atoms with Gasteiger partial charge in [-0.15, -0.1) is 0 Å². The molecule has 0 radical (unpaired) electrons. The monoisotopic (exact) mass is 458 g/mol. The first-order valence-corrected chi connectivity index (χ1v) is 10.6. The highest BCUT2D eigenvalue weighted by Gasteiger charge is 2.16. The Morgan fingerprint density at radius 2 is 1.87 bits per heavy atom. The van der Waals surface area contributed by atoms with Gasteiger partial charge in [0.2, 0.25) is 5.91 Å². The van der Waals surface area contributed by atoms with Crippen LogP contribution in [-0.4, -0.2) is 23.7 Å². The van der Waals surface area contributed by atoms with Crippen LogP contribution in [0.2, 0.25) is 10.2 Å². The SMILES string of the molecule is CCC(=O)N(C)c1ccc(-c2ccc(C(=O)CCc3cccnc3Cl)cc2Cl)cc1F. The van der Waals surface area contributed by atoms with Gasteiger partial charge in [0.15, 0.2) is 5.78 Å². The summed E-state index contributed by atoms with van der Waals surface area (Å²) in [6.45, 7) is 1.72. The summed E-state index contributed by atoms with van der Waals surface area (Å²) in [7, 11) is 1.54. The third-order valence-electron chi connectivity index (χ3n) is 5.05. The maximum atomic E-state index is 14.6. The second-order valence-electron chi connectivity index (χ2n) is 7.04. The average Bonchev–Trinajstić information content (AvgIpc) is 2.77. The predicted octanol–water partition coefficient (Wildman–Crippen LogP) is 6.38. The molecule has 31 heavy (non-hydrogen) atoms. The van der Waals surface area contributed by atoms with Gasteiger partial charge in [0, 0.05) is 42.2 Å². The fraction of sp³-hybridized carbons (Fsp3) is 0.208. The largest absolute Gasteiger partial charge is 0.313 e. The lowest BCUT2D eigenvalue weighted by Gasteiger charge is -2.18. The highest BCUT2D eigenvalue weighted by molar-refractivity contribution is 6.33. The van der Waals surface area contributed by atoms with Crippen molar-refractivity contribution in [2.75, 3.05) is 11.9 Å². The fourth-order valence-corrected chi connectivity index (χ4v) is 3.74. The van der Waals surface area contributed by atoms with Crippen LogP contribution in [0.25, 0.3) is 11.1 Å². The summed E-state index contributed by atoms with van der Waals surface area (Å²) in [4.78, 5) is 29.7. The Kier molecular flexibility index (Phi) is 7.42. The van der Waals surface area contributed by atoms with Crippen LogP contribution in [0.4, 0.5) is 10.1 Å². The molecule has 0 bridgehead atoms.